The van der Waals surface area contributed by atoms with Gasteiger partial charge in [-0.3, -0.25) is 14.5 Å². The van der Waals surface area contributed by atoms with Crippen molar-refractivity contribution < 1.29 is 4.79 Å². The largest absolute Gasteiger partial charge is 0.339 e. The summed E-state index contributed by atoms with van der Waals surface area (Å²) in [5, 5.41) is 4.09. The molecule has 1 amide bonds. The number of nitrogens with zero attached hydrogens (tertiary/aromatic N) is 4. The topological polar surface area (TPSA) is 58.4 Å². The van der Waals surface area contributed by atoms with Gasteiger partial charge in [0.25, 0.3) is 5.56 Å². The summed E-state index contributed by atoms with van der Waals surface area (Å²) in [6.07, 6.45) is 3.55. The highest BCUT2D eigenvalue weighted by atomic mass is 16.2. The third-order valence-electron chi connectivity index (χ3n) is 5.56. The van der Waals surface area contributed by atoms with Crippen molar-refractivity contribution >= 4 is 5.91 Å². The van der Waals surface area contributed by atoms with Gasteiger partial charge in [0.2, 0.25) is 5.91 Å². The van der Waals surface area contributed by atoms with E-state index >= 15 is 0 Å². The highest BCUT2D eigenvalue weighted by molar-refractivity contribution is 5.91. The van der Waals surface area contributed by atoms with Gasteiger partial charge >= 0.3 is 0 Å². The third-order valence-corrected chi connectivity index (χ3v) is 5.56. The first-order valence-electron chi connectivity index (χ1n) is 9.28. The Labute approximate surface area is 153 Å². The summed E-state index contributed by atoms with van der Waals surface area (Å²) in [5.41, 5.74) is 0.812. The monoisotopic (exact) mass is 352 g/mol. The van der Waals surface area contributed by atoms with Gasteiger partial charge in [0.1, 0.15) is 0 Å². The minimum absolute atomic E-state index is 0.0696. The van der Waals surface area contributed by atoms with Crippen LogP contribution in [0.3, 0.4) is 0 Å². The molecule has 2 aromatic rings. The number of hydrogen-bond acceptors (Lipinski definition) is 4. The highest BCUT2D eigenvalue weighted by Gasteiger charge is 2.53. The number of piperazine rings is 1. The molecule has 6 heteroatoms. The number of hydrogen-bond donors (Lipinski definition) is 0. The second-order valence-corrected chi connectivity index (χ2v) is 7.17. The van der Waals surface area contributed by atoms with E-state index in [1.54, 1.807) is 12.3 Å². The van der Waals surface area contributed by atoms with Crippen LogP contribution in [0.25, 0.3) is 0 Å². The fraction of sp³-hybridized carbons (Fsp3) is 0.450. The molecule has 0 bridgehead atoms. The van der Waals surface area contributed by atoms with Crippen molar-refractivity contribution in [2.24, 2.45) is 0 Å². The zero-order chi connectivity index (χ0) is 18.0. The molecule has 2 heterocycles. The molecule has 1 aromatic carbocycles. The molecule has 1 aliphatic carbocycles. The Hall–Kier alpha value is -2.47. The molecule has 2 aliphatic rings. The molecule has 1 aromatic heterocycles. The molecule has 6 nitrogen and oxygen atoms in total. The van der Waals surface area contributed by atoms with E-state index in [-0.39, 0.29) is 16.9 Å². The zero-order valence-electron chi connectivity index (χ0n) is 14.9. The number of carbonyl (C=O) groups is 1. The molecule has 0 radical (unpaired) electrons. The summed E-state index contributed by atoms with van der Waals surface area (Å²) in [6, 6.07) is 13.4. The number of rotatable bonds is 5. The molecule has 1 aliphatic heterocycles. The van der Waals surface area contributed by atoms with E-state index < -0.39 is 0 Å². The van der Waals surface area contributed by atoms with Gasteiger partial charge < -0.3 is 4.90 Å². The van der Waals surface area contributed by atoms with E-state index in [0.29, 0.717) is 6.54 Å². The molecule has 0 unspecified atom stereocenters. The van der Waals surface area contributed by atoms with E-state index in [9.17, 15) is 9.59 Å². The normalized spacial score (nSPS) is 19.3. The van der Waals surface area contributed by atoms with Crippen LogP contribution in [-0.4, -0.2) is 58.2 Å². The van der Waals surface area contributed by atoms with Crippen LogP contribution < -0.4 is 5.56 Å². The van der Waals surface area contributed by atoms with Crippen LogP contribution in [0.1, 0.15) is 18.4 Å². The molecular formula is C20H24N4O2. The first-order valence-corrected chi connectivity index (χ1v) is 9.28. The lowest BCUT2D eigenvalue weighted by Gasteiger charge is -2.36. The Kier molecular flexibility index (Phi) is 4.59. The Balaban J connectivity index is 1.32. The molecule has 0 atom stereocenters. The molecule has 0 spiro atoms. The number of aromatic nitrogens is 2. The Morgan fingerprint density at radius 1 is 0.962 bits per heavy atom. The van der Waals surface area contributed by atoms with E-state index in [4.69, 9.17) is 0 Å². The van der Waals surface area contributed by atoms with Crippen molar-refractivity contribution in [2.75, 3.05) is 32.7 Å². The predicted octanol–water partition coefficient (Wildman–Crippen LogP) is 1.12. The van der Waals surface area contributed by atoms with Crippen molar-refractivity contribution in [3.8, 4) is 0 Å². The Morgan fingerprint density at radius 2 is 1.69 bits per heavy atom. The third kappa shape index (κ3) is 3.29. The van der Waals surface area contributed by atoms with Gasteiger partial charge in [-0.15, -0.1) is 0 Å². The summed E-state index contributed by atoms with van der Waals surface area (Å²) in [7, 11) is 0. The van der Waals surface area contributed by atoms with Gasteiger partial charge in [-0.05, 0) is 24.5 Å². The van der Waals surface area contributed by atoms with Crippen LogP contribution in [0.2, 0.25) is 0 Å². The molecule has 1 saturated heterocycles. The molecule has 26 heavy (non-hydrogen) atoms. The summed E-state index contributed by atoms with van der Waals surface area (Å²) < 4.78 is 1.49. The maximum atomic E-state index is 13.1. The Morgan fingerprint density at radius 3 is 2.35 bits per heavy atom. The van der Waals surface area contributed by atoms with Crippen molar-refractivity contribution in [2.45, 2.75) is 24.8 Å². The second kappa shape index (κ2) is 7.03. The van der Waals surface area contributed by atoms with Gasteiger partial charge in [-0.1, -0.05) is 30.3 Å². The van der Waals surface area contributed by atoms with Gasteiger partial charge in [-0.25, -0.2) is 4.68 Å². The lowest BCUT2D eigenvalue weighted by Crippen LogP contribution is -2.52. The lowest BCUT2D eigenvalue weighted by atomic mass is 9.94. The first-order chi connectivity index (χ1) is 12.7. The van der Waals surface area contributed by atoms with Crippen molar-refractivity contribution in [1.29, 1.82) is 0 Å². The minimum Gasteiger partial charge on any atom is -0.339 e. The van der Waals surface area contributed by atoms with E-state index in [0.717, 1.165) is 51.1 Å². The smallest absolute Gasteiger partial charge is 0.266 e. The van der Waals surface area contributed by atoms with Gasteiger partial charge in [0, 0.05) is 45.0 Å². The summed E-state index contributed by atoms with van der Waals surface area (Å²) in [6.45, 7) is 4.57. The predicted molar refractivity (Wildman–Crippen MR) is 98.9 cm³/mol. The molecule has 2 fully saturated rings. The van der Waals surface area contributed by atoms with Crippen LogP contribution >= 0.6 is 0 Å². The molecule has 136 valence electrons. The zero-order valence-corrected chi connectivity index (χ0v) is 14.9. The van der Waals surface area contributed by atoms with Gasteiger partial charge in [0.05, 0.1) is 12.0 Å². The molecular weight excluding hydrogens is 328 g/mol. The minimum atomic E-state index is -0.273. The van der Waals surface area contributed by atoms with E-state index in [1.807, 2.05) is 23.1 Å². The van der Waals surface area contributed by atoms with Crippen molar-refractivity contribution in [3.63, 3.8) is 0 Å². The fourth-order valence-electron chi connectivity index (χ4n) is 3.78. The van der Waals surface area contributed by atoms with E-state index in [2.05, 4.69) is 22.1 Å². The fourth-order valence-corrected chi connectivity index (χ4v) is 3.78. The maximum Gasteiger partial charge on any atom is 0.266 e. The SMILES string of the molecule is O=C(N1CCN(CCn2ncccc2=O)CC1)C1(c2ccccc2)CC1. The maximum absolute atomic E-state index is 13.1. The average molecular weight is 352 g/mol. The summed E-state index contributed by atoms with van der Waals surface area (Å²) in [4.78, 5) is 29.1. The molecule has 0 N–H and O–H groups in total. The van der Waals surface area contributed by atoms with Crippen molar-refractivity contribution in [3.05, 3.63) is 64.6 Å². The first kappa shape index (κ1) is 17.0. The van der Waals surface area contributed by atoms with Crippen LogP contribution in [0.5, 0.6) is 0 Å². The van der Waals surface area contributed by atoms with Crippen molar-refractivity contribution in [1.82, 2.24) is 19.6 Å². The van der Waals surface area contributed by atoms with E-state index in [1.165, 1.54) is 10.7 Å². The van der Waals surface area contributed by atoms with Gasteiger partial charge in [-0.2, -0.15) is 5.10 Å². The van der Waals surface area contributed by atoms with Gasteiger partial charge in [0.15, 0.2) is 0 Å². The van der Waals surface area contributed by atoms with Crippen LogP contribution in [0.15, 0.2) is 53.5 Å². The number of amides is 1. The number of carbonyl (C=O) groups excluding carboxylic acids is 1. The summed E-state index contributed by atoms with van der Waals surface area (Å²) >= 11 is 0. The molecule has 1 saturated carbocycles. The van der Waals surface area contributed by atoms with Crippen LogP contribution in [0, 0.1) is 0 Å². The van der Waals surface area contributed by atoms with Crippen LogP contribution in [0.4, 0.5) is 0 Å². The lowest BCUT2D eigenvalue weighted by molar-refractivity contribution is -0.135. The number of benzene rings is 1. The highest BCUT2D eigenvalue weighted by Crippen LogP contribution is 2.49. The summed E-state index contributed by atoms with van der Waals surface area (Å²) in [5.74, 6) is 0.282. The standard InChI is InChI=1S/C20H24N4O2/c25-18-7-4-10-21-24(18)16-13-22-11-14-23(15-12-22)19(26)20(8-9-20)17-5-2-1-3-6-17/h1-7,10H,8-9,11-16H2. The second-order valence-electron chi connectivity index (χ2n) is 7.17. The quantitative estimate of drug-likeness (QED) is 0.809. The Bertz CT molecular complexity index is 821. The molecule has 4 rings (SSSR count). The average Bonchev–Trinajstić information content (AvgIpc) is 3.50. The van der Waals surface area contributed by atoms with Crippen LogP contribution in [-0.2, 0) is 16.8 Å².